The number of hydrogen-bond acceptors (Lipinski definition) is 9. The van der Waals surface area contributed by atoms with Crippen molar-refractivity contribution < 1.29 is 24.6 Å². The number of nitrogens with zero attached hydrogens (tertiary/aromatic N) is 4. The number of phenolic OH excluding ortho intramolecular Hbond substituents is 2. The number of halogens is 2. The third-order valence-corrected chi connectivity index (χ3v) is 11.9. The lowest BCUT2D eigenvalue weighted by molar-refractivity contribution is 0.101. The molecule has 9 rings (SSSR count). The highest BCUT2D eigenvalue weighted by atomic mass is 127. The van der Waals surface area contributed by atoms with Crippen molar-refractivity contribution in [2.45, 2.75) is 0 Å². The van der Waals surface area contributed by atoms with Crippen LogP contribution in [0.15, 0.2) is 166 Å². The van der Waals surface area contributed by atoms with Gasteiger partial charge in [-0.3, -0.25) is 14.4 Å². The summed E-state index contributed by atoms with van der Waals surface area (Å²) in [5, 5.41) is 48.7. The van der Waals surface area contributed by atoms with Crippen LogP contribution in [0.1, 0.15) is 36.6 Å². The molecule has 2 amide bonds. The van der Waals surface area contributed by atoms with Gasteiger partial charge in [-0.2, -0.15) is 10.2 Å². The smallest absolute Gasteiger partial charge is 0.259 e. The predicted octanol–water partition coefficient (Wildman–Crippen LogP) is 13.2. The average Bonchev–Trinajstić information content (AvgIpc) is 3.53. The second kappa shape index (κ2) is 16.1. The van der Waals surface area contributed by atoms with Gasteiger partial charge in [-0.1, -0.05) is 84.9 Å². The number of azo groups is 2. The Morgan fingerprint density at radius 1 is 0.467 bits per heavy atom. The van der Waals surface area contributed by atoms with Crippen molar-refractivity contribution in [3.05, 3.63) is 175 Å². The van der Waals surface area contributed by atoms with Crippen LogP contribution < -0.4 is 10.6 Å². The molecule has 0 unspecified atom stereocenters. The Morgan fingerprint density at radius 3 is 1.30 bits per heavy atom. The Morgan fingerprint density at radius 2 is 0.867 bits per heavy atom. The number of nitrogens with one attached hydrogen (secondary N) is 2. The molecule has 60 heavy (non-hydrogen) atoms. The van der Waals surface area contributed by atoms with Crippen LogP contribution in [-0.4, -0.2) is 27.8 Å². The van der Waals surface area contributed by atoms with Gasteiger partial charge in [0, 0.05) is 29.0 Å². The third-order valence-electron chi connectivity index (χ3n) is 10.0. The van der Waals surface area contributed by atoms with E-state index in [4.69, 9.17) is 0 Å². The summed E-state index contributed by atoms with van der Waals surface area (Å²) >= 11 is 4.26. The van der Waals surface area contributed by atoms with Crippen molar-refractivity contribution in [3.63, 3.8) is 0 Å². The maximum Gasteiger partial charge on any atom is 0.259 e. The SMILES string of the molecule is O=C1c2cc(N=Nc3c(O)c(C(=O)Nc4ccccc4I)cc4ccccc34)ccc2-c2ccc(N=Nc3c(O)c(C(=O)Nc4ccccc4I)cc4ccccc34)cc21. The number of anilines is 2. The highest BCUT2D eigenvalue weighted by Crippen LogP contribution is 2.44. The zero-order valence-electron chi connectivity index (χ0n) is 31.0. The molecule has 0 aliphatic heterocycles. The predicted molar refractivity (Wildman–Crippen MR) is 249 cm³/mol. The van der Waals surface area contributed by atoms with E-state index in [9.17, 15) is 24.6 Å². The quantitative estimate of drug-likeness (QED) is 0.0877. The number of hydrogen-bond donors (Lipinski definition) is 4. The summed E-state index contributed by atoms with van der Waals surface area (Å²) in [6.07, 6.45) is 0. The molecule has 1 aliphatic rings. The number of aromatic hydroxyl groups is 2. The standard InChI is InChI=1S/C47H28I2N6O5/c48-37-13-5-7-15-39(37)50-46(59)35-21-25-9-1-3-11-29(25)41(44(35)57)54-52-27-17-19-31-32-20-18-28(24-34(32)43(56)33(31)23-27)53-55-42-30-12-4-2-10-26(30)22-36(45(42)58)47(60)51-40-16-8-6-14-38(40)49/h1-24,57-58H,(H,50,59)(H,51,60). The molecular weight excluding hydrogens is 982 g/mol. The minimum atomic E-state index is -0.502. The van der Waals surface area contributed by atoms with E-state index in [1.165, 1.54) is 0 Å². The zero-order chi connectivity index (χ0) is 41.5. The molecule has 290 valence electrons. The number of rotatable bonds is 8. The molecule has 0 saturated carbocycles. The molecule has 0 heterocycles. The fourth-order valence-electron chi connectivity index (χ4n) is 7.08. The lowest BCUT2D eigenvalue weighted by atomic mass is 10.0. The summed E-state index contributed by atoms with van der Waals surface area (Å²) in [7, 11) is 0. The molecule has 11 nitrogen and oxygen atoms in total. The Labute approximate surface area is 369 Å². The Bertz CT molecular complexity index is 2970. The minimum absolute atomic E-state index is 0.0364. The maximum absolute atomic E-state index is 13.9. The molecular formula is C47H28I2N6O5. The van der Waals surface area contributed by atoms with Crippen molar-refractivity contribution in [2.24, 2.45) is 20.5 Å². The first kappa shape index (κ1) is 38.7. The van der Waals surface area contributed by atoms with Gasteiger partial charge in [0.05, 0.1) is 33.9 Å². The van der Waals surface area contributed by atoms with Crippen molar-refractivity contribution in [1.82, 2.24) is 0 Å². The van der Waals surface area contributed by atoms with Gasteiger partial charge in [0.1, 0.15) is 11.4 Å². The first-order valence-electron chi connectivity index (χ1n) is 18.4. The van der Waals surface area contributed by atoms with E-state index < -0.39 is 11.8 Å². The van der Waals surface area contributed by atoms with Crippen LogP contribution in [0, 0.1) is 7.14 Å². The van der Waals surface area contributed by atoms with E-state index >= 15 is 0 Å². The van der Waals surface area contributed by atoms with Crippen LogP contribution >= 0.6 is 45.2 Å². The molecule has 0 radical (unpaired) electrons. The van der Waals surface area contributed by atoms with Crippen LogP contribution in [-0.2, 0) is 0 Å². The molecule has 8 aromatic carbocycles. The molecule has 0 fully saturated rings. The van der Waals surface area contributed by atoms with Gasteiger partial charge in [0.25, 0.3) is 11.8 Å². The van der Waals surface area contributed by atoms with Crippen LogP contribution in [0.3, 0.4) is 0 Å². The second-order valence-corrected chi connectivity index (χ2v) is 16.1. The average molecular weight is 1010 g/mol. The molecule has 1 aliphatic carbocycles. The lowest BCUT2D eigenvalue weighted by Crippen LogP contribution is -2.13. The molecule has 4 N–H and O–H groups in total. The van der Waals surface area contributed by atoms with Gasteiger partial charge in [-0.15, -0.1) is 10.2 Å². The number of carbonyl (C=O) groups is 3. The maximum atomic E-state index is 13.9. The van der Waals surface area contributed by atoms with E-state index in [1.807, 2.05) is 60.7 Å². The molecule has 8 aromatic rings. The van der Waals surface area contributed by atoms with Gasteiger partial charge in [0.15, 0.2) is 17.3 Å². The Balaban J connectivity index is 0.996. The van der Waals surface area contributed by atoms with Gasteiger partial charge in [0.2, 0.25) is 0 Å². The Hall–Kier alpha value is -6.85. The van der Waals surface area contributed by atoms with Crippen molar-refractivity contribution >= 4 is 118 Å². The van der Waals surface area contributed by atoms with Gasteiger partial charge >= 0.3 is 0 Å². The van der Waals surface area contributed by atoms with Crippen molar-refractivity contribution in [2.75, 3.05) is 10.6 Å². The van der Waals surface area contributed by atoms with E-state index in [0.29, 0.717) is 66.5 Å². The summed E-state index contributed by atoms with van der Waals surface area (Å²) in [4.78, 5) is 40.7. The fourth-order valence-corrected chi connectivity index (χ4v) is 8.13. The van der Waals surface area contributed by atoms with Crippen LogP contribution in [0.5, 0.6) is 11.5 Å². The van der Waals surface area contributed by atoms with Gasteiger partial charge in [-0.05, 0) is 128 Å². The molecule has 13 heteroatoms. The number of benzene rings is 8. The summed E-state index contributed by atoms with van der Waals surface area (Å²) in [6, 6.07) is 42.7. The van der Waals surface area contributed by atoms with Crippen LogP contribution in [0.2, 0.25) is 0 Å². The normalized spacial score (nSPS) is 12.0. The third kappa shape index (κ3) is 7.26. The molecule has 0 spiro atoms. The minimum Gasteiger partial charge on any atom is -0.505 e. The topological polar surface area (TPSA) is 165 Å². The number of fused-ring (bicyclic) bond motifs is 5. The molecule has 0 bridgehead atoms. The van der Waals surface area contributed by atoms with Gasteiger partial charge in [-0.25, -0.2) is 0 Å². The summed E-state index contributed by atoms with van der Waals surface area (Å²) < 4.78 is 1.68. The van der Waals surface area contributed by atoms with E-state index in [2.05, 4.69) is 76.3 Å². The largest absolute Gasteiger partial charge is 0.505 e. The number of phenols is 2. The zero-order valence-corrected chi connectivity index (χ0v) is 35.3. The van der Waals surface area contributed by atoms with E-state index in [0.717, 1.165) is 7.14 Å². The number of ketones is 1. The number of amides is 2. The first-order chi connectivity index (χ1) is 29.1. The molecule has 0 atom stereocenters. The van der Waals surface area contributed by atoms with Crippen LogP contribution in [0.25, 0.3) is 32.7 Å². The van der Waals surface area contributed by atoms with Gasteiger partial charge < -0.3 is 20.8 Å². The molecule has 0 aromatic heterocycles. The lowest BCUT2D eigenvalue weighted by Gasteiger charge is -2.12. The number of carbonyl (C=O) groups excluding carboxylic acids is 3. The highest BCUT2D eigenvalue weighted by Gasteiger charge is 2.28. The van der Waals surface area contributed by atoms with E-state index in [-0.39, 0.29) is 39.8 Å². The van der Waals surface area contributed by atoms with Crippen molar-refractivity contribution in [1.29, 1.82) is 0 Å². The Kier molecular flexibility index (Phi) is 10.4. The molecule has 0 saturated heterocycles. The monoisotopic (exact) mass is 1010 g/mol. The number of para-hydroxylation sites is 2. The highest BCUT2D eigenvalue weighted by molar-refractivity contribution is 14.1. The van der Waals surface area contributed by atoms with Crippen molar-refractivity contribution in [3.8, 4) is 22.6 Å². The summed E-state index contributed by atoms with van der Waals surface area (Å²) in [5.41, 5.74) is 4.46. The van der Waals surface area contributed by atoms with Crippen LogP contribution in [0.4, 0.5) is 34.1 Å². The summed E-state index contributed by atoms with van der Waals surface area (Å²) in [5.74, 6) is -1.91. The fraction of sp³-hybridized carbons (Fsp3) is 0. The first-order valence-corrected chi connectivity index (χ1v) is 20.6. The van der Waals surface area contributed by atoms with E-state index in [1.54, 1.807) is 84.9 Å². The second-order valence-electron chi connectivity index (χ2n) is 13.7. The summed E-state index contributed by atoms with van der Waals surface area (Å²) in [6.45, 7) is 0.